The highest BCUT2D eigenvalue weighted by Crippen LogP contribution is 2.65. The van der Waals surface area contributed by atoms with Crippen molar-refractivity contribution in [3.8, 4) is 0 Å². The fourth-order valence-corrected chi connectivity index (χ4v) is 6.69. The zero-order chi connectivity index (χ0) is 29.3. The molecule has 1 aliphatic heterocycles. The van der Waals surface area contributed by atoms with Crippen LogP contribution in [0.5, 0.6) is 0 Å². The van der Waals surface area contributed by atoms with Gasteiger partial charge in [0.25, 0.3) is 0 Å². The Morgan fingerprint density at radius 2 is 1.79 bits per heavy atom. The lowest BCUT2D eigenvalue weighted by Crippen LogP contribution is -2.51. The van der Waals surface area contributed by atoms with Gasteiger partial charge in [0.2, 0.25) is 17.7 Å². The van der Waals surface area contributed by atoms with Gasteiger partial charge in [-0.15, -0.1) is 0 Å². The van der Waals surface area contributed by atoms with Gasteiger partial charge in [0.05, 0.1) is 12.0 Å². The number of nitrogens with two attached hydrogens (primary N) is 1. The van der Waals surface area contributed by atoms with Crippen LogP contribution in [-0.4, -0.2) is 64.5 Å². The van der Waals surface area contributed by atoms with Crippen LogP contribution in [-0.2, 0) is 24.0 Å². The number of piperidine rings is 1. The third kappa shape index (κ3) is 7.35. The fourth-order valence-electron chi connectivity index (χ4n) is 6.69. The van der Waals surface area contributed by atoms with E-state index in [9.17, 15) is 29.1 Å². The second kappa shape index (κ2) is 11.9. The molecule has 9 nitrogen and oxygen atoms in total. The van der Waals surface area contributed by atoms with Crippen molar-refractivity contribution in [3.05, 3.63) is 12.7 Å². The van der Waals surface area contributed by atoms with Crippen LogP contribution >= 0.6 is 0 Å². The number of amides is 3. The molecule has 39 heavy (non-hydrogen) atoms. The van der Waals surface area contributed by atoms with Crippen LogP contribution in [0.3, 0.4) is 0 Å². The summed E-state index contributed by atoms with van der Waals surface area (Å²) >= 11 is 0. The fraction of sp³-hybridized carbons (Fsp3) is 0.767. The largest absolute Gasteiger partial charge is 0.383 e. The van der Waals surface area contributed by atoms with Gasteiger partial charge < -0.3 is 21.1 Å². The third-order valence-corrected chi connectivity index (χ3v) is 9.14. The van der Waals surface area contributed by atoms with Crippen molar-refractivity contribution in [3.63, 3.8) is 0 Å². The van der Waals surface area contributed by atoms with E-state index in [4.69, 9.17) is 5.73 Å². The molecule has 3 unspecified atom stereocenters. The Hall–Kier alpha value is -2.55. The number of rotatable bonds is 14. The molecule has 3 fully saturated rings. The van der Waals surface area contributed by atoms with Gasteiger partial charge in [-0.1, -0.05) is 60.5 Å². The number of primary amides is 1. The minimum absolute atomic E-state index is 0.0274. The van der Waals surface area contributed by atoms with Crippen LogP contribution in [0.2, 0.25) is 0 Å². The lowest BCUT2D eigenvalue weighted by atomic mass is 9.75. The van der Waals surface area contributed by atoms with E-state index in [1.54, 1.807) is 4.90 Å². The summed E-state index contributed by atoms with van der Waals surface area (Å²) in [7, 11) is 0. The monoisotopic (exact) mass is 545 g/mol. The molecule has 3 amide bonds. The van der Waals surface area contributed by atoms with Crippen molar-refractivity contribution < 1.29 is 29.1 Å². The summed E-state index contributed by atoms with van der Waals surface area (Å²) in [5.74, 6) is -2.78. The number of hydrogen-bond donors (Lipinski definition) is 3. The van der Waals surface area contributed by atoms with Crippen LogP contribution < -0.4 is 11.1 Å². The summed E-state index contributed by atoms with van der Waals surface area (Å²) in [4.78, 5) is 66.0. The molecule has 0 aromatic rings. The Morgan fingerprint density at radius 3 is 2.31 bits per heavy atom. The number of aliphatic hydroxyl groups is 1. The van der Waals surface area contributed by atoms with Crippen LogP contribution in [0.4, 0.5) is 0 Å². The second-order valence-electron chi connectivity index (χ2n) is 13.8. The van der Waals surface area contributed by atoms with E-state index in [-0.39, 0.29) is 59.5 Å². The first-order valence-electron chi connectivity index (χ1n) is 14.3. The highest BCUT2D eigenvalue weighted by atomic mass is 16.3. The minimum Gasteiger partial charge on any atom is -0.383 e. The van der Waals surface area contributed by atoms with Crippen molar-refractivity contribution in [1.82, 2.24) is 10.2 Å². The minimum atomic E-state index is -1.42. The average Bonchev–Trinajstić information content (AvgIpc) is 3.14. The normalized spacial score (nSPS) is 26.0. The number of Topliss-reactive ketones (excluding diaryl/α,β-unsaturated/α-hetero) is 2. The van der Waals surface area contributed by atoms with Gasteiger partial charge in [-0.05, 0) is 41.1 Å². The van der Waals surface area contributed by atoms with Gasteiger partial charge in [-0.3, -0.25) is 24.0 Å². The van der Waals surface area contributed by atoms with Gasteiger partial charge in [0, 0.05) is 38.3 Å². The van der Waals surface area contributed by atoms with Crippen molar-refractivity contribution in [2.45, 2.75) is 91.7 Å². The maximum Gasteiger partial charge on any atom is 0.246 e. The Kier molecular flexibility index (Phi) is 9.46. The van der Waals surface area contributed by atoms with Crippen LogP contribution in [0.25, 0.3) is 0 Å². The Bertz CT molecular complexity index is 995. The first-order chi connectivity index (χ1) is 18.1. The molecule has 0 bridgehead atoms. The molecular weight excluding hydrogens is 498 g/mol. The Balaban J connectivity index is 1.82. The lowest BCUT2D eigenvalue weighted by molar-refractivity contribution is -0.145. The van der Waals surface area contributed by atoms with Crippen molar-refractivity contribution >= 4 is 29.3 Å². The molecule has 4 N–H and O–H groups in total. The molecule has 1 heterocycles. The number of fused-ring (bicyclic) bond motifs is 1. The maximum absolute atomic E-state index is 13.9. The topological polar surface area (TPSA) is 147 Å². The molecule has 6 atom stereocenters. The molecule has 2 saturated carbocycles. The summed E-state index contributed by atoms with van der Waals surface area (Å²) in [5.41, 5.74) is 5.06. The average molecular weight is 546 g/mol. The quantitative estimate of drug-likeness (QED) is 0.286. The van der Waals surface area contributed by atoms with Crippen molar-refractivity contribution in [2.75, 3.05) is 13.1 Å². The molecule has 0 radical (unpaired) electrons. The van der Waals surface area contributed by atoms with Gasteiger partial charge >= 0.3 is 0 Å². The first kappa shape index (κ1) is 31.0. The first-order valence-corrected chi connectivity index (χ1v) is 14.3. The van der Waals surface area contributed by atoms with E-state index in [0.29, 0.717) is 25.3 Å². The third-order valence-electron chi connectivity index (χ3n) is 9.14. The number of carbonyl (C=O) groups excluding carboxylic acids is 5. The van der Waals surface area contributed by atoms with Gasteiger partial charge in [0.15, 0.2) is 5.78 Å². The smallest absolute Gasteiger partial charge is 0.246 e. The van der Waals surface area contributed by atoms with Crippen LogP contribution in [0, 0.1) is 40.4 Å². The highest BCUT2D eigenvalue weighted by molar-refractivity contribution is 5.94. The summed E-state index contributed by atoms with van der Waals surface area (Å²) in [6, 6.07) is -0.697. The molecule has 0 spiro atoms. The lowest BCUT2D eigenvalue weighted by Gasteiger charge is -2.35. The molecule has 3 aliphatic rings. The van der Waals surface area contributed by atoms with E-state index in [0.717, 1.165) is 25.3 Å². The number of nitrogens with one attached hydrogen (secondary N) is 1. The number of carbonyl (C=O) groups is 5. The maximum atomic E-state index is 13.9. The summed E-state index contributed by atoms with van der Waals surface area (Å²) in [6.07, 6.45) is 3.57. The predicted molar refractivity (Wildman–Crippen MR) is 147 cm³/mol. The van der Waals surface area contributed by atoms with Crippen LogP contribution in [0.15, 0.2) is 12.7 Å². The van der Waals surface area contributed by atoms with Crippen molar-refractivity contribution in [2.24, 2.45) is 46.2 Å². The highest BCUT2D eigenvalue weighted by Gasteiger charge is 2.69. The Morgan fingerprint density at radius 1 is 1.15 bits per heavy atom. The zero-order valence-electron chi connectivity index (χ0n) is 24.2. The van der Waals surface area contributed by atoms with Gasteiger partial charge in [0.1, 0.15) is 11.9 Å². The van der Waals surface area contributed by atoms with Crippen LogP contribution in [0.1, 0.15) is 79.6 Å². The molecule has 1 saturated heterocycles. The number of aliphatic hydroxyl groups excluding tert-OH is 1. The summed E-state index contributed by atoms with van der Waals surface area (Å²) < 4.78 is 0. The summed E-state index contributed by atoms with van der Waals surface area (Å²) in [6.45, 7) is 13.8. The molecular formula is C30H47N3O6. The second-order valence-corrected chi connectivity index (χ2v) is 13.8. The van der Waals surface area contributed by atoms with E-state index in [1.165, 1.54) is 0 Å². The molecule has 0 aromatic heterocycles. The number of likely N-dealkylation sites (tertiary alicyclic amines) is 1. The molecule has 2 aliphatic carbocycles. The van der Waals surface area contributed by atoms with Crippen molar-refractivity contribution in [1.29, 1.82) is 0 Å². The summed E-state index contributed by atoms with van der Waals surface area (Å²) in [5, 5.41) is 13.2. The number of ketones is 2. The van der Waals surface area contributed by atoms with E-state index in [2.05, 4.69) is 25.7 Å². The van der Waals surface area contributed by atoms with Gasteiger partial charge in [-0.25, -0.2) is 0 Å². The van der Waals surface area contributed by atoms with Gasteiger partial charge in [-0.2, -0.15) is 0 Å². The molecule has 0 aromatic carbocycles. The zero-order valence-corrected chi connectivity index (χ0v) is 24.2. The molecule has 9 heteroatoms. The Labute approximate surface area is 232 Å². The number of hydrogen-bond acceptors (Lipinski definition) is 6. The SMILES string of the molecule is C=CC(=O)NC[C@H](CC(=O)CC(C)(C)C)C(=O)N1CC2[C@@H]([C@H]1C(=O)CC(CC1CCC1)C(O)C(N)=O)C2(C)C. The molecule has 3 rings (SSSR count). The van der Waals surface area contributed by atoms with E-state index >= 15 is 0 Å². The van der Waals surface area contributed by atoms with E-state index < -0.39 is 35.8 Å². The molecule has 218 valence electrons. The predicted octanol–water partition coefficient (Wildman–Crippen LogP) is 2.39. The standard InChI is InChI=1S/C30H47N3O6/c1-7-23(36)32-15-19(12-20(34)14-29(2,3)4)28(39)33-16-21-24(30(21,5)6)25(33)22(35)13-18(26(37)27(31)38)11-17-9-8-10-17/h7,17-19,21,24-26,37H,1,8-16H2,2-6H3,(H2,31,38)(H,32,36)/t18?,19-,21?,24-,25+,26?/m0/s1. The number of nitrogens with zero attached hydrogens (tertiary/aromatic N) is 1. The van der Waals surface area contributed by atoms with E-state index in [1.807, 2.05) is 20.8 Å².